The van der Waals surface area contributed by atoms with E-state index in [1.54, 1.807) is 4.90 Å². The highest BCUT2D eigenvalue weighted by atomic mass is 16.2. The molecule has 2 N–H and O–H groups in total. The maximum absolute atomic E-state index is 12.8. The summed E-state index contributed by atoms with van der Waals surface area (Å²) in [7, 11) is 1.86. The Balaban J connectivity index is 1.78. The first kappa shape index (κ1) is 13.5. The molecule has 0 bridgehead atoms. The van der Waals surface area contributed by atoms with Crippen LogP contribution in [-0.2, 0) is 19.5 Å². The number of hydrogen-bond acceptors (Lipinski definition) is 4. The number of aromatic nitrogens is 4. The number of hydrogen-bond donors (Lipinski definition) is 2. The lowest BCUT2D eigenvalue weighted by Gasteiger charge is -2.21. The quantitative estimate of drug-likeness (QED) is 0.804. The lowest BCUT2D eigenvalue weighted by molar-refractivity contribution is 0.0789. The maximum atomic E-state index is 12.8. The Morgan fingerprint density at radius 3 is 3.00 bits per heavy atom. The Morgan fingerprint density at radius 2 is 2.23 bits per heavy atom. The van der Waals surface area contributed by atoms with E-state index in [0.717, 1.165) is 35.6 Å². The number of amides is 1. The maximum Gasteiger partial charge on any atom is 0.272 e. The highest BCUT2D eigenvalue weighted by Gasteiger charge is 2.34. The third-order valence-electron chi connectivity index (χ3n) is 4.64. The topological polar surface area (TPSA) is 78.8 Å². The van der Waals surface area contributed by atoms with Gasteiger partial charge in [0.25, 0.3) is 5.91 Å². The van der Waals surface area contributed by atoms with Crippen LogP contribution < -0.4 is 5.32 Å². The highest BCUT2D eigenvalue weighted by Crippen LogP contribution is 2.27. The molecule has 0 radical (unpaired) electrons. The van der Waals surface area contributed by atoms with E-state index in [9.17, 15) is 4.79 Å². The van der Waals surface area contributed by atoms with Gasteiger partial charge in [0.1, 0.15) is 5.69 Å². The second-order valence-electron chi connectivity index (χ2n) is 6.32. The first-order chi connectivity index (χ1) is 10.6. The van der Waals surface area contributed by atoms with Gasteiger partial charge in [0.15, 0.2) is 0 Å². The first-order valence-electron chi connectivity index (χ1n) is 7.70. The third-order valence-corrected chi connectivity index (χ3v) is 4.64. The SMILES string of the molecule is C[C@@H]1Cc2nn3c(c2CN1)C(=O)N(C)C[C@H](c1cc[nH]n1)C3. The van der Waals surface area contributed by atoms with Gasteiger partial charge in [-0.25, -0.2) is 0 Å². The van der Waals surface area contributed by atoms with Gasteiger partial charge >= 0.3 is 0 Å². The molecule has 7 nitrogen and oxygen atoms in total. The molecule has 0 unspecified atom stereocenters. The summed E-state index contributed by atoms with van der Waals surface area (Å²) >= 11 is 0. The van der Waals surface area contributed by atoms with Crippen LogP contribution in [0.25, 0.3) is 0 Å². The molecule has 22 heavy (non-hydrogen) atoms. The zero-order valence-corrected chi connectivity index (χ0v) is 12.8. The summed E-state index contributed by atoms with van der Waals surface area (Å²) in [4.78, 5) is 14.6. The van der Waals surface area contributed by atoms with E-state index >= 15 is 0 Å². The zero-order valence-electron chi connectivity index (χ0n) is 12.8. The van der Waals surface area contributed by atoms with Crippen molar-refractivity contribution in [2.24, 2.45) is 0 Å². The molecule has 0 aliphatic carbocycles. The summed E-state index contributed by atoms with van der Waals surface area (Å²) in [5, 5.41) is 15.3. The van der Waals surface area contributed by atoms with Crippen molar-refractivity contribution in [2.75, 3.05) is 13.6 Å². The van der Waals surface area contributed by atoms with Crippen molar-refractivity contribution >= 4 is 5.91 Å². The number of H-pyrrole nitrogens is 1. The van der Waals surface area contributed by atoms with E-state index in [2.05, 4.69) is 22.4 Å². The van der Waals surface area contributed by atoms with E-state index in [-0.39, 0.29) is 11.8 Å². The number of aromatic amines is 1. The summed E-state index contributed by atoms with van der Waals surface area (Å²) in [5.41, 5.74) is 3.85. The second-order valence-corrected chi connectivity index (χ2v) is 6.32. The summed E-state index contributed by atoms with van der Waals surface area (Å²) in [6, 6.07) is 2.38. The predicted octanol–water partition coefficient (Wildman–Crippen LogP) is 0.510. The largest absolute Gasteiger partial charge is 0.340 e. The van der Waals surface area contributed by atoms with Crippen LogP contribution >= 0.6 is 0 Å². The van der Waals surface area contributed by atoms with Gasteiger partial charge in [-0.15, -0.1) is 0 Å². The molecular weight excluding hydrogens is 280 g/mol. The van der Waals surface area contributed by atoms with Crippen molar-refractivity contribution in [3.63, 3.8) is 0 Å². The molecule has 0 saturated heterocycles. The summed E-state index contributed by atoms with van der Waals surface area (Å²) in [6.07, 6.45) is 2.70. The highest BCUT2D eigenvalue weighted by molar-refractivity contribution is 5.94. The predicted molar refractivity (Wildman–Crippen MR) is 80.5 cm³/mol. The van der Waals surface area contributed by atoms with Gasteiger partial charge < -0.3 is 10.2 Å². The van der Waals surface area contributed by atoms with Crippen molar-refractivity contribution in [3.05, 3.63) is 34.9 Å². The average Bonchev–Trinajstić information content (AvgIpc) is 3.10. The minimum atomic E-state index is 0.0585. The molecule has 0 aromatic carbocycles. The van der Waals surface area contributed by atoms with E-state index in [1.807, 2.05) is 24.0 Å². The number of carbonyl (C=O) groups is 1. The summed E-state index contributed by atoms with van der Waals surface area (Å²) < 4.78 is 1.90. The Hall–Kier alpha value is -2.15. The molecule has 2 aromatic heterocycles. The lowest BCUT2D eigenvalue weighted by Crippen LogP contribution is -2.35. The van der Waals surface area contributed by atoms with Gasteiger partial charge in [-0.05, 0) is 13.0 Å². The Labute approximate surface area is 128 Å². The molecule has 0 saturated carbocycles. The van der Waals surface area contributed by atoms with E-state index in [0.29, 0.717) is 19.1 Å². The molecule has 4 rings (SSSR count). The van der Waals surface area contributed by atoms with Crippen LogP contribution in [-0.4, -0.2) is 50.4 Å². The monoisotopic (exact) mass is 300 g/mol. The van der Waals surface area contributed by atoms with Crippen molar-refractivity contribution in [2.45, 2.75) is 38.4 Å². The number of carbonyl (C=O) groups excluding carboxylic acids is 1. The van der Waals surface area contributed by atoms with Crippen LogP contribution in [0.15, 0.2) is 12.3 Å². The minimum Gasteiger partial charge on any atom is -0.340 e. The van der Waals surface area contributed by atoms with E-state index in [4.69, 9.17) is 5.10 Å². The molecule has 2 aromatic rings. The second kappa shape index (κ2) is 4.95. The third kappa shape index (κ3) is 2.04. The van der Waals surface area contributed by atoms with Crippen LogP contribution in [0.5, 0.6) is 0 Å². The van der Waals surface area contributed by atoms with E-state index in [1.165, 1.54) is 0 Å². The van der Waals surface area contributed by atoms with Crippen LogP contribution in [0, 0.1) is 0 Å². The fourth-order valence-electron chi connectivity index (χ4n) is 3.46. The molecule has 0 fully saturated rings. The van der Waals surface area contributed by atoms with Crippen LogP contribution in [0.4, 0.5) is 0 Å². The van der Waals surface area contributed by atoms with Crippen molar-refractivity contribution in [3.8, 4) is 0 Å². The van der Waals surface area contributed by atoms with Gasteiger partial charge in [0.2, 0.25) is 0 Å². The Bertz CT molecular complexity index is 704. The smallest absolute Gasteiger partial charge is 0.272 e. The Kier molecular flexibility index (Phi) is 3.04. The van der Waals surface area contributed by atoms with Crippen molar-refractivity contribution < 1.29 is 4.79 Å². The number of fused-ring (bicyclic) bond motifs is 3. The van der Waals surface area contributed by atoms with Gasteiger partial charge in [0, 0.05) is 50.3 Å². The number of likely N-dealkylation sites (N-methyl/N-ethyl adjacent to an activating group) is 1. The fraction of sp³-hybridized carbons (Fsp3) is 0.533. The van der Waals surface area contributed by atoms with E-state index < -0.39 is 0 Å². The molecule has 0 spiro atoms. The molecule has 1 amide bonds. The summed E-state index contributed by atoms with van der Waals surface area (Å²) in [5.74, 6) is 0.219. The molecular formula is C15H20N6O. The van der Waals surface area contributed by atoms with Crippen molar-refractivity contribution in [1.82, 2.24) is 30.2 Å². The lowest BCUT2D eigenvalue weighted by atomic mass is 10.0. The van der Waals surface area contributed by atoms with Crippen LogP contribution in [0.3, 0.4) is 0 Å². The van der Waals surface area contributed by atoms with Crippen molar-refractivity contribution in [1.29, 1.82) is 0 Å². The summed E-state index contributed by atoms with van der Waals surface area (Å²) in [6.45, 7) is 4.22. The molecule has 2 atom stereocenters. The van der Waals surface area contributed by atoms with Gasteiger partial charge in [-0.1, -0.05) is 0 Å². The number of rotatable bonds is 1. The molecule has 2 aliphatic heterocycles. The average molecular weight is 300 g/mol. The van der Waals surface area contributed by atoms with Gasteiger partial charge in [-0.3, -0.25) is 14.6 Å². The molecule has 2 aliphatic rings. The van der Waals surface area contributed by atoms with Crippen LogP contribution in [0.1, 0.15) is 40.3 Å². The fourth-order valence-corrected chi connectivity index (χ4v) is 3.46. The Morgan fingerprint density at radius 1 is 1.36 bits per heavy atom. The standard InChI is InChI=1S/C15H20N6O/c1-9-5-13-11(6-16-9)14-15(22)20(2)7-10(8-21(14)19-13)12-3-4-17-18-12/h3-4,9-10,16H,5-8H2,1-2H3,(H,17,18)/t9-,10+/m1/s1. The van der Waals surface area contributed by atoms with Crippen LogP contribution in [0.2, 0.25) is 0 Å². The zero-order chi connectivity index (χ0) is 15.3. The molecule has 4 heterocycles. The normalized spacial score (nSPS) is 24.8. The minimum absolute atomic E-state index is 0.0585. The van der Waals surface area contributed by atoms with Gasteiger partial charge in [-0.2, -0.15) is 10.2 Å². The molecule has 7 heteroatoms. The number of nitrogens with one attached hydrogen (secondary N) is 2. The first-order valence-corrected chi connectivity index (χ1v) is 7.70. The molecule has 116 valence electrons. The van der Waals surface area contributed by atoms with Gasteiger partial charge in [0.05, 0.1) is 17.9 Å². The number of nitrogens with zero attached hydrogens (tertiary/aromatic N) is 4.